The first-order chi connectivity index (χ1) is 16.9. The SMILES string of the molecule is C=C(C)[C@H](C)C#N.CCC1(C(NS(=O)(=O)C(C)F)C(C)Cc2cccc(-c3ccccc3)c2F)CC1. The lowest BCUT2D eigenvalue weighted by Crippen LogP contribution is -2.48. The van der Waals surface area contributed by atoms with E-state index < -0.39 is 21.6 Å². The molecule has 4 atom stereocenters. The van der Waals surface area contributed by atoms with Gasteiger partial charge < -0.3 is 0 Å². The van der Waals surface area contributed by atoms with Crippen molar-refractivity contribution < 1.29 is 17.2 Å². The number of rotatable bonds is 10. The summed E-state index contributed by atoms with van der Waals surface area (Å²) in [6.07, 6.45) is 2.97. The van der Waals surface area contributed by atoms with Gasteiger partial charge in [0.15, 0.2) is 0 Å². The fraction of sp³-hybridized carbons (Fsp3) is 0.483. The quantitative estimate of drug-likeness (QED) is 0.340. The van der Waals surface area contributed by atoms with Crippen molar-refractivity contribution in [3.05, 3.63) is 72.1 Å². The van der Waals surface area contributed by atoms with Crippen molar-refractivity contribution in [1.29, 1.82) is 5.26 Å². The molecule has 0 bridgehead atoms. The lowest BCUT2D eigenvalue weighted by atomic mass is 9.82. The fourth-order valence-electron chi connectivity index (χ4n) is 4.31. The molecule has 0 aliphatic heterocycles. The fourth-order valence-corrected chi connectivity index (χ4v) is 5.34. The molecule has 1 N–H and O–H groups in total. The summed E-state index contributed by atoms with van der Waals surface area (Å²) in [6.45, 7) is 12.3. The molecule has 3 unspecified atom stereocenters. The molecular formula is C29H38F2N2O2S. The standard InChI is InChI=1S/C23H29F2NO2S.C6H9N/c1-4-23(13-14-23)22(26-29(27,28)17(3)24)16(2)15-19-11-8-12-20(21(19)25)18-9-6-5-7-10-18;1-5(2)6(3)4-7/h5-12,16-17,22,26H,4,13-15H2,1-3H3;6H,1H2,2-3H3/t;6-/m.1/s1. The summed E-state index contributed by atoms with van der Waals surface area (Å²) in [5, 5.41) is 8.19. The van der Waals surface area contributed by atoms with Gasteiger partial charge in [0.05, 0.1) is 12.0 Å². The second-order valence-corrected chi connectivity index (χ2v) is 11.9. The highest BCUT2D eigenvalue weighted by Gasteiger charge is 2.51. The summed E-state index contributed by atoms with van der Waals surface area (Å²) >= 11 is 0. The molecule has 3 rings (SSSR count). The number of benzene rings is 2. The zero-order valence-corrected chi connectivity index (χ0v) is 22.7. The van der Waals surface area contributed by atoms with Gasteiger partial charge in [-0.3, -0.25) is 0 Å². The predicted octanol–water partition coefficient (Wildman–Crippen LogP) is 7.19. The van der Waals surface area contributed by atoms with Crippen LogP contribution in [0, 0.1) is 34.4 Å². The summed E-state index contributed by atoms with van der Waals surface area (Å²) in [7, 11) is -4.06. The molecule has 4 nitrogen and oxygen atoms in total. The van der Waals surface area contributed by atoms with Gasteiger partial charge in [-0.05, 0) is 68.9 Å². The Morgan fingerprint density at radius 1 is 1.14 bits per heavy atom. The summed E-state index contributed by atoms with van der Waals surface area (Å²) in [6, 6.07) is 16.3. The molecule has 0 saturated heterocycles. The van der Waals surface area contributed by atoms with Crippen LogP contribution in [0.4, 0.5) is 8.78 Å². The van der Waals surface area contributed by atoms with Crippen molar-refractivity contribution in [2.45, 2.75) is 71.8 Å². The molecule has 0 heterocycles. The van der Waals surface area contributed by atoms with E-state index in [-0.39, 0.29) is 23.1 Å². The van der Waals surface area contributed by atoms with E-state index in [2.05, 4.69) is 17.4 Å². The number of hydrogen-bond acceptors (Lipinski definition) is 3. The van der Waals surface area contributed by atoms with Crippen molar-refractivity contribution in [2.24, 2.45) is 17.3 Å². The first kappa shape index (κ1) is 29.7. The minimum absolute atomic E-state index is 0.0139. The number of alkyl halides is 1. The summed E-state index contributed by atoms with van der Waals surface area (Å²) in [5.74, 6) is -0.445. The number of nitrogens with one attached hydrogen (secondary N) is 1. The molecule has 1 saturated carbocycles. The van der Waals surface area contributed by atoms with Crippen LogP contribution >= 0.6 is 0 Å². The number of sulfonamides is 1. The Morgan fingerprint density at radius 3 is 2.19 bits per heavy atom. The number of allylic oxidation sites excluding steroid dienone is 1. The van der Waals surface area contributed by atoms with E-state index in [1.165, 1.54) is 0 Å². The van der Waals surface area contributed by atoms with Crippen LogP contribution in [0.5, 0.6) is 0 Å². The predicted molar refractivity (Wildman–Crippen MR) is 143 cm³/mol. The molecule has 0 aromatic heterocycles. The largest absolute Gasteiger partial charge is 0.243 e. The van der Waals surface area contributed by atoms with Gasteiger partial charge in [-0.15, -0.1) is 0 Å². The van der Waals surface area contributed by atoms with E-state index >= 15 is 4.39 Å². The molecule has 1 aliphatic carbocycles. The number of halogens is 2. The van der Waals surface area contributed by atoms with Gasteiger partial charge in [-0.1, -0.05) is 74.5 Å². The third-order valence-corrected chi connectivity index (χ3v) is 8.62. The zero-order valence-electron chi connectivity index (χ0n) is 21.9. The lowest BCUT2D eigenvalue weighted by Gasteiger charge is -2.32. The first-order valence-electron chi connectivity index (χ1n) is 12.4. The van der Waals surface area contributed by atoms with Crippen LogP contribution in [0.2, 0.25) is 0 Å². The Labute approximate surface area is 215 Å². The van der Waals surface area contributed by atoms with E-state index in [0.717, 1.165) is 37.3 Å². The summed E-state index contributed by atoms with van der Waals surface area (Å²) in [5.41, 5.74) is 0.653. The summed E-state index contributed by atoms with van der Waals surface area (Å²) < 4.78 is 56.0. The van der Waals surface area contributed by atoms with Crippen LogP contribution in [-0.2, 0) is 16.4 Å². The maximum atomic E-state index is 15.2. The highest BCUT2D eigenvalue weighted by Crippen LogP contribution is 2.54. The molecule has 0 radical (unpaired) electrons. The smallest absolute Gasteiger partial charge is 0.229 e. The van der Waals surface area contributed by atoms with Gasteiger partial charge in [0.1, 0.15) is 5.82 Å². The second-order valence-electron chi connectivity index (χ2n) is 9.92. The zero-order chi connectivity index (χ0) is 27.1. The van der Waals surface area contributed by atoms with Crippen LogP contribution < -0.4 is 4.72 Å². The average Bonchev–Trinajstić information content (AvgIpc) is 3.65. The number of nitriles is 1. The third-order valence-electron chi connectivity index (χ3n) is 7.18. The monoisotopic (exact) mass is 516 g/mol. The topological polar surface area (TPSA) is 70.0 Å². The van der Waals surface area contributed by atoms with Gasteiger partial charge in [0.2, 0.25) is 15.5 Å². The Balaban J connectivity index is 0.000000572. The van der Waals surface area contributed by atoms with Gasteiger partial charge in [-0.2, -0.15) is 5.26 Å². The molecule has 0 amide bonds. The molecular weight excluding hydrogens is 478 g/mol. The van der Waals surface area contributed by atoms with Gasteiger partial charge in [-0.25, -0.2) is 21.9 Å². The first-order valence-corrected chi connectivity index (χ1v) is 14.0. The minimum Gasteiger partial charge on any atom is -0.229 e. The van der Waals surface area contributed by atoms with Crippen molar-refractivity contribution in [3.63, 3.8) is 0 Å². The Bertz CT molecular complexity index is 1170. The Kier molecular flexibility index (Phi) is 10.4. The van der Waals surface area contributed by atoms with Gasteiger partial charge >= 0.3 is 0 Å². The maximum Gasteiger partial charge on any atom is 0.243 e. The van der Waals surface area contributed by atoms with E-state index in [1.54, 1.807) is 12.1 Å². The highest BCUT2D eigenvalue weighted by atomic mass is 32.2. The normalized spacial score (nSPS) is 17.5. The van der Waals surface area contributed by atoms with E-state index in [0.29, 0.717) is 17.5 Å². The molecule has 2 aromatic carbocycles. The Hall–Kier alpha value is -2.56. The van der Waals surface area contributed by atoms with E-state index in [4.69, 9.17) is 5.26 Å². The van der Waals surface area contributed by atoms with E-state index in [9.17, 15) is 12.8 Å². The van der Waals surface area contributed by atoms with Gasteiger partial charge in [0.25, 0.3) is 0 Å². The molecule has 0 spiro atoms. The van der Waals surface area contributed by atoms with Crippen molar-refractivity contribution in [3.8, 4) is 17.2 Å². The van der Waals surface area contributed by atoms with Crippen LogP contribution in [0.15, 0.2) is 60.7 Å². The summed E-state index contributed by atoms with van der Waals surface area (Å²) in [4.78, 5) is 0. The molecule has 2 aromatic rings. The highest BCUT2D eigenvalue weighted by molar-refractivity contribution is 7.89. The molecule has 36 heavy (non-hydrogen) atoms. The van der Waals surface area contributed by atoms with Crippen LogP contribution in [0.1, 0.15) is 59.4 Å². The van der Waals surface area contributed by atoms with E-state index in [1.807, 2.05) is 64.1 Å². The molecule has 7 heteroatoms. The Morgan fingerprint density at radius 2 is 1.75 bits per heavy atom. The number of nitrogens with zero attached hydrogens (tertiary/aromatic N) is 1. The van der Waals surface area contributed by atoms with Crippen LogP contribution in [-0.4, -0.2) is 20.0 Å². The van der Waals surface area contributed by atoms with Crippen LogP contribution in [0.25, 0.3) is 11.1 Å². The van der Waals surface area contributed by atoms with Crippen molar-refractivity contribution in [1.82, 2.24) is 4.72 Å². The van der Waals surface area contributed by atoms with Gasteiger partial charge in [0, 0.05) is 11.6 Å². The number of hydrogen-bond donors (Lipinski definition) is 1. The second kappa shape index (κ2) is 12.6. The minimum atomic E-state index is -4.06. The van der Waals surface area contributed by atoms with Crippen LogP contribution in [0.3, 0.4) is 0 Å². The molecule has 196 valence electrons. The maximum absolute atomic E-state index is 15.2. The molecule has 1 aliphatic rings. The molecule has 1 fully saturated rings. The van der Waals surface area contributed by atoms with Crippen molar-refractivity contribution >= 4 is 10.0 Å². The average molecular weight is 517 g/mol. The third kappa shape index (κ3) is 7.47. The van der Waals surface area contributed by atoms with Crippen molar-refractivity contribution in [2.75, 3.05) is 0 Å². The lowest BCUT2D eigenvalue weighted by molar-refractivity contribution is 0.267.